The van der Waals surface area contributed by atoms with Crippen LogP contribution >= 0.6 is 0 Å². The molecule has 122 valence electrons. The van der Waals surface area contributed by atoms with Crippen LogP contribution in [0.3, 0.4) is 0 Å². The molecule has 0 heterocycles. The van der Waals surface area contributed by atoms with Gasteiger partial charge in [-0.3, -0.25) is 0 Å². The minimum Gasteiger partial charge on any atom is -0.497 e. The number of rotatable bonds is 5. The van der Waals surface area contributed by atoms with E-state index >= 15 is 0 Å². The molecule has 0 saturated heterocycles. The van der Waals surface area contributed by atoms with Crippen LogP contribution in [-0.2, 0) is 6.54 Å². The molecule has 22 heavy (non-hydrogen) atoms. The highest BCUT2D eigenvalue weighted by Gasteiger charge is 2.35. The smallest absolute Gasteiger partial charge is 0.315 e. The molecule has 1 aromatic carbocycles. The van der Waals surface area contributed by atoms with Crippen molar-refractivity contribution in [2.24, 2.45) is 5.41 Å². The van der Waals surface area contributed by atoms with Gasteiger partial charge in [0.2, 0.25) is 0 Å². The highest BCUT2D eigenvalue weighted by Crippen LogP contribution is 2.35. The maximum atomic E-state index is 11.9. The molecule has 0 spiro atoms. The van der Waals surface area contributed by atoms with Gasteiger partial charge in [0.25, 0.3) is 0 Å². The fraction of sp³-hybridized carbons (Fsp3) is 0.588. The molecule has 0 radical (unpaired) electrons. The zero-order chi connectivity index (χ0) is 16.0. The van der Waals surface area contributed by atoms with Crippen LogP contribution in [0.5, 0.6) is 5.75 Å². The van der Waals surface area contributed by atoms with Crippen molar-refractivity contribution in [2.75, 3.05) is 13.7 Å². The lowest BCUT2D eigenvalue weighted by molar-refractivity contribution is 0.00309. The topological polar surface area (TPSA) is 70.6 Å². The molecule has 0 aromatic heterocycles. The van der Waals surface area contributed by atoms with Gasteiger partial charge in [-0.2, -0.15) is 0 Å². The zero-order valence-electron chi connectivity index (χ0n) is 13.4. The van der Waals surface area contributed by atoms with Crippen LogP contribution in [0.1, 0.15) is 38.2 Å². The summed E-state index contributed by atoms with van der Waals surface area (Å²) in [6, 6.07) is 7.38. The second-order valence-electron chi connectivity index (χ2n) is 6.30. The lowest BCUT2D eigenvalue weighted by Gasteiger charge is -2.38. The van der Waals surface area contributed by atoms with Crippen molar-refractivity contribution < 1.29 is 14.6 Å². The average molecular weight is 306 g/mol. The number of carbonyl (C=O) groups is 1. The molecule has 1 saturated carbocycles. The number of nitrogens with one attached hydrogen (secondary N) is 2. The maximum Gasteiger partial charge on any atom is 0.315 e. The summed E-state index contributed by atoms with van der Waals surface area (Å²) in [5, 5.41) is 15.8. The molecule has 2 rings (SSSR count). The SMILES string of the molecule is COc1ccc(CNC(=O)NCC2(C)CCCCC2O)cc1. The number of urea groups is 1. The number of aliphatic hydroxyl groups excluding tert-OH is 1. The molecule has 3 N–H and O–H groups in total. The third-order valence-electron chi connectivity index (χ3n) is 4.54. The van der Waals surface area contributed by atoms with Crippen LogP contribution in [0.15, 0.2) is 24.3 Å². The Kier molecular flexibility index (Phi) is 5.66. The number of carbonyl (C=O) groups excluding carboxylic acids is 1. The van der Waals surface area contributed by atoms with Crippen molar-refractivity contribution in [2.45, 2.75) is 45.3 Å². The molecule has 2 atom stereocenters. The fourth-order valence-electron chi connectivity index (χ4n) is 2.86. The van der Waals surface area contributed by atoms with Gasteiger partial charge in [0.1, 0.15) is 5.75 Å². The van der Waals surface area contributed by atoms with Gasteiger partial charge in [-0.1, -0.05) is 31.9 Å². The van der Waals surface area contributed by atoms with Crippen molar-refractivity contribution in [1.29, 1.82) is 0 Å². The highest BCUT2D eigenvalue weighted by molar-refractivity contribution is 5.73. The monoisotopic (exact) mass is 306 g/mol. The summed E-state index contributed by atoms with van der Waals surface area (Å²) in [7, 11) is 1.63. The number of hydrogen-bond acceptors (Lipinski definition) is 3. The van der Waals surface area contributed by atoms with Crippen molar-refractivity contribution in [1.82, 2.24) is 10.6 Å². The van der Waals surface area contributed by atoms with Gasteiger partial charge >= 0.3 is 6.03 Å². The Morgan fingerprint density at radius 2 is 2.05 bits per heavy atom. The maximum absolute atomic E-state index is 11.9. The molecule has 2 amide bonds. The number of amides is 2. The number of aliphatic hydroxyl groups is 1. The van der Waals surface area contributed by atoms with Crippen molar-refractivity contribution in [3.05, 3.63) is 29.8 Å². The Balaban J connectivity index is 1.75. The third kappa shape index (κ3) is 4.37. The van der Waals surface area contributed by atoms with Gasteiger partial charge < -0.3 is 20.5 Å². The Bertz CT molecular complexity index is 489. The largest absolute Gasteiger partial charge is 0.497 e. The molecule has 1 fully saturated rings. The van der Waals surface area contributed by atoms with Crippen molar-refractivity contribution >= 4 is 6.03 Å². The second kappa shape index (κ2) is 7.49. The Morgan fingerprint density at radius 3 is 2.68 bits per heavy atom. The molecule has 1 aliphatic rings. The molecule has 1 aliphatic carbocycles. The number of benzene rings is 1. The molecular weight excluding hydrogens is 280 g/mol. The van der Waals surface area contributed by atoms with E-state index < -0.39 is 0 Å². The first-order valence-electron chi connectivity index (χ1n) is 7.86. The molecule has 0 aliphatic heterocycles. The Labute approximate surface area is 132 Å². The summed E-state index contributed by atoms with van der Waals surface area (Å²) >= 11 is 0. The molecule has 2 unspecified atom stereocenters. The van der Waals surface area contributed by atoms with E-state index in [0.717, 1.165) is 37.0 Å². The lowest BCUT2D eigenvalue weighted by Crippen LogP contribution is -2.47. The first-order valence-corrected chi connectivity index (χ1v) is 7.86. The summed E-state index contributed by atoms with van der Waals surface area (Å²) in [4.78, 5) is 11.9. The zero-order valence-corrected chi connectivity index (χ0v) is 13.4. The summed E-state index contributed by atoms with van der Waals surface area (Å²) in [5.74, 6) is 0.799. The second-order valence-corrected chi connectivity index (χ2v) is 6.30. The average Bonchev–Trinajstić information content (AvgIpc) is 2.54. The normalized spacial score (nSPS) is 24.6. The summed E-state index contributed by atoms with van der Waals surface area (Å²) in [5.41, 5.74) is 0.801. The summed E-state index contributed by atoms with van der Waals surface area (Å²) in [6.45, 7) is 3.01. The molecule has 1 aromatic rings. The first kappa shape index (κ1) is 16.6. The van der Waals surface area contributed by atoms with Crippen LogP contribution in [0.2, 0.25) is 0 Å². The van der Waals surface area contributed by atoms with Crippen LogP contribution in [0.4, 0.5) is 4.79 Å². The van der Waals surface area contributed by atoms with E-state index in [1.54, 1.807) is 7.11 Å². The Morgan fingerprint density at radius 1 is 1.32 bits per heavy atom. The number of methoxy groups -OCH3 is 1. The van der Waals surface area contributed by atoms with Crippen LogP contribution in [-0.4, -0.2) is 30.9 Å². The standard InChI is InChI=1S/C17H26N2O3/c1-17(10-4-3-5-15(17)20)12-19-16(21)18-11-13-6-8-14(22-2)9-7-13/h6-9,15,20H,3-5,10-12H2,1-2H3,(H2,18,19,21). The predicted octanol–water partition coefficient (Wildman–Crippen LogP) is 2.44. The van der Waals surface area contributed by atoms with E-state index in [4.69, 9.17) is 4.74 Å². The Hall–Kier alpha value is -1.75. The minimum atomic E-state index is -0.330. The summed E-state index contributed by atoms with van der Waals surface area (Å²) in [6.07, 6.45) is 3.63. The van der Waals surface area contributed by atoms with Crippen LogP contribution < -0.4 is 15.4 Å². The quantitative estimate of drug-likeness (QED) is 0.782. The van der Waals surface area contributed by atoms with Gasteiger partial charge in [0, 0.05) is 18.5 Å². The minimum absolute atomic E-state index is 0.199. The molecule has 5 nitrogen and oxygen atoms in total. The van der Waals surface area contributed by atoms with Crippen LogP contribution in [0.25, 0.3) is 0 Å². The van der Waals surface area contributed by atoms with Crippen LogP contribution in [0, 0.1) is 5.41 Å². The predicted molar refractivity (Wildman–Crippen MR) is 85.8 cm³/mol. The van der Waals surface area contributed by atoms with Crippen molar-refractivity contribution in [3.8, 4) is 5.75 Å². The van der Waals surface area contributed by atoms with E-state index in [-0.39, 0.29) is 17.6 Å². The molecule has 0 bridgehead atoms. The van der Waals surface area contributed by atoms with E-state index in [1.807, 2.05) is 31.2 Å². The summed E-state index contributed by atoms with van der Waals surface area (Å²) < 4.78 is 5.10. The third-order valence-corrected chi connectivity index (χ3v) is 4.54. The van der Waals surface area contributed by atoms with Crippen molar-refractivity contribution in [3.63, 3.8) is 0 Å². The first-order chi connectivity index (χ1) is 10.5. The van der Waals surface area contributed by atoms with Gasteiger partial charge in [-0.05, 0) is 30.5 Å². The van der Waals surface area contributed by atoms with E-state index in [1.165, 1.54) is 0 Å². The van der Waals surface area contributed by atoms with E-state index in [2.05, 4.69) is 10.6 Å². The van der Waals surface area contributed by atoms with Gasteiger partial charge in [-0.25, -0.2) is 4.79 Å². The highest BCUT2D eigenvalue weighted by atomic mass is 16.5. The molecule has 5 heteroatoms. The van der Waals surface area contributed by atoms with Gasteiger partial charge in [-0.15, -0.1) is 0 Å². The fourth-order valence-corrected chi connectivity index (χ4v) is 2.86. The van der Waals surface area contributed by atoms with E-state index in [9.17, 15) is 9.90 Å². The molecular formula is C17H26N2O3. The lowest BCUT2D eigenvalue weighted by atomic mass is 9.73. The number of hydrogen-bond donors (Lipinski definition) is 3. The van der Waals surface area contributed by atoms with Gasteiger partial charge in [0.05, 0.1) is 13.2 Å². The van der Waals surface area contributed by atoms with Gasteiger partial charge in [0.15, 0.2) is 0 Å². The van der Waals surface area contributed by atoms with E-state index in [0.29, 0.717) is 13.1 Å². The number of ether oxygens (including phenoxy) is 1.